The second kappa shape index (κ2) is 10.9. The molecule has 7 rings (SSSR count). The van der Waals surface area contributed by atoms with Crippen molar-refractivity contribution < 1.29 is 24.2 Å². The van der Waals surface area contributed by atoms with Crippen molar-refractivity contribution in [3.63, 3.8) is 0 Å². The van der Waals surface area contributed by atoms with E-state index in [9.17, 15) is 14.7 Å². The lowest BCUT2D eigenvalue weighted by molar-refractivity contribution is -0.146. The van der Waals surface area contributed by atoms with E-state index in [2.05, 4.69) is 17.2 Å². The number of ether oxygens (including phenoxy) is 2. The van der Waals surface area contributed by atoms with Crippen LogP contribution in [0.25, 0.3) is 0 Å². The van der Waals surface area contributed by atoms with Gasteiger partial charge >= 0.3 is 6.09 Å². The monoisotopic (exact) mass is 579 g/mol. The van der Waals surface area contributed by atoms with Crippen LogP contribution in [0.4, 0.5) is 16.2 Å². The molecular formula is C33H33N5O5. The zero-order valence-corrected chi connectivity index (χ0v) is 23.9. The first-order chi connectivity index (χ1) is 20.9. The summed E-state index contributed by atoms with van der Waals surface area (Å²) in [5, 5.41) is 19.1. The van der Waals surface area contributed by atoms with Crippen LogP contribution in [0.5, 0.6) is 0 Å². The maximum Gasteiger partial charge on any atom is 0.414 e. The number of benzene rings is 3. The van der Waals surface area contributed by atoms with Crippen molar-refractivity contribution in [3.05, 3.63) is 107 Å². The zero-order chi connectivity index (χ0) is 29.6. The van der Waals surface area contributed by atoms with Crippen molar-refractivity contribution in [1.29, 1.82) is 0 Å². The topological polar surface area (TPSA) is 110 Å². The highest BCUT2D eigenvalue weighted by molar-refractivity contribution is 6.07. The molecule has 0 radical (unpaired) electrons. The Hall–Kier alpha value is -4.54. The molecule has 0 unspecified atom stereocenters. The van der Waals surface area contributed by atoms with E-state index in [1.54, 1.807) is 15.8 Å². The number of para-hydroxylation sites is 1. The fourth-order valence-corrected chi connectivity index (χ4v) is 6.58. The molecule has 1 spiro atoms. The number of aromatic nitrogens is 3. The van der Waals surface area contributed by atoms with E-state index in [-0.39, 0.29) is 24.0 Å². The van der Waals surface area contributed by atoms with E-state index in [1.807, 2.05) is 83.8 Å². The minimum Gasteiger partial charge on any atom is -0.447 e. The first kappa shape index (κ1) is 27.3. The maximum atomic E-state index is 14.2. The highest BCUT2D eigenvalue weighted by Crippen LogP contribution is 2.53. The number of fused-ring (bicyclic) bond motifs is 2. The standard InChI is InChI=1S/C33H33N5O5/c1-22-19-26(15-16-36-21-28(34-35-36)30(39)24-7-3-2-4-8-24)43-33(22)27-9-5-6-10-29(27)38(31(33)40)20-23-11-13-25(14-12-23)37-17-18-42-32(37)41/h2-14,21-22,26,30,39H,15-20H2,1H3/t22-,26+,30+,33+/m0/s1. The number of nitrogens with zero attached hydrogens (tertiary/aromatic N) is 5. The van der Waals surface area contributed by atoms with Gasteiger partial charge in [0.15, 0.2) is 5.60 Å². The highest BCUT2D eigenvalue weighted by atomic mass is 16.6. The molecule has 0 aliphatic carbocycles. The quantitative estimate of drug-likeness (QED) is 0.326. The van der Waals surface area contributed by atoms with E-state index in [1.165, 1.54) is 0 Å². The fraction of sp³-hybridized carbons (Fsp3) is 0.333. The summed E-state index contributed by atoms with van der Waals surface area (Å²) < 4.78 is 13.5. The van der Waals surface area contributed by atoms with Gasteiger partial charge in [-0.3, -0.25) is 14.4 Å². The highest BCUT2D eigenvalue weighted by Gasteiger charge is 2.59. The average Bonchev–Trinajstić information content (AvgIpc) is 3.81. The molecule has 43 heavy (non-hydrogen) atoms. The van der Waals surface area contributed by atoms with Crippen LogP contribution in [0.15, 0.2) is 85.1 Å². The lowest BCUT2D eigenvalue weighted by atomic mass is 9.83. The molecule has 10 heteroatoms. The molecule has 220 valence electrons. The SMILES string of the molecule is C[C@H]1C[C@@H](CCn2cc([C@H](O)c3ccccc3)nn2)O[C@]12C(=O)N(Cc1ccc(N3CCOC3=O)cc1)c1ccccc12. The summed E-state index contributed by atoms with van der Waals surface area (Å²) in [5.74, 6) is -0.0733. The van der Waals surface area contributed by atoms with E-state index in [4.69, 9.17) is 9.47 Å². The molecule has 4 aromatic rings. The van der Waals surface area contributed by atoms with E-state index >= 15 is 0 Å². The number of aryl methyl sites for hydroxylation is 1. The van der Waals surface area contributed by atoms with Crippen molar-refractivity contribution in [2.75, 3.05) is 23.0 Å². The summed E-state index contributed by atoms with van der Waals surface area (Å²) in [6, 6.07) is 25.0. The van der Waals surface area contributed by atoms with Crippen LogP contribution >= 0.6 is 0 Å². The Morgan fingerprint density at radius 1 is 1.02 bits per heavy atom. The molecule has 3 aliphatic rings. The molecule has 2 amide bonds. The van der Waals surface area contributed by atoms with Gasteiger partial charge in [0.05, 0.1) is 31.1 Å². The second-order valence-corrected chi connectivity index (χ2v) is 11.5. The Morgan fingerprint density at radius 3 is 2.56 bits per heavy atom. The van der Waals surface area contributed by atoms with Gasteiger partial charge in [0, 0.05) is 23.7 Å². The number of carbonyl (C=O) groups excluding carboxylic acids is 2. The fourth-order valence-electron chi connectivity index (χ4n) is 6.58. The van der Waals surface area contributed by atoms with Crippen molar-refractivity contribution >= 4 is 23.4 Å². The Balaban J connectivity index is 1.05. The van der Waals surface area contributed by atoms with Gasteiger partial charge in [-0.1, -0.05) is 72.8 Å². The zero-order valence-electron chi connectivity index (χ0n) is 23.9. The lowest BCUT2D eigenvalue weighted by Gasteiger charge is -2.28. The molecular weight excluding hydrogens is 546 g/mol. The number of hydrogen-bond donors (Lipinski definition) is 1. The number of anilines is 2. The van der Waals surface area contributed by atoms with Gasteiger partial charge in [-0.05, 0) is 42.2 Å². The van der Waals surface area contributed by atoms with Gasteiger partial charge in [-0.25, -0.2) is 4.79 Å². The minimum atomic E-state index is -1.04. The molecule has 0 bridgehead atoms. The van der Waals surface area contributed by atoms with Crippen LogP contribution in [0, 0.1) is 5.92 Å². The molecule has 0 saturated carbocycles. The van der Waals surface area contributed by atoms with Gasteiger partial charge < -0.3 is 19.5 Å². The predicted octanol–water partition coefficient (Wildman–Crippen LogP) is 4.57. The van der Waals surface area contributed by atoms with Crippen molar-refractivity contribution in [2.45, 2.75) is 50.7 Å². The maximum absolute atomic E-state index is 14.2. The molecule has 3 aliphatic heterocycles. The van der Waals surface area contributed by atoms with Crippen LogP contribution in [0.2, 0.25) is 0 Å². The number of aliphatic hydroxyl groups excluding tert-OH is 1. The van der Waals surface area contributed by atoms with Gasteiger partial charge in [-0.15, -0.1) is 5.10 Å². The van der Waals surface area contributed by atoms with E-state index in [0.717, 1.165) is 34.5 Å². The number of aliphatic hydroxyl groups is 1. The van der Waals surface area contributed by atoms with Crippen LogP contribution in [-0.4, -0.2) is 51.4 Å². The smallest absolute Gasteiger partial charge is 0.414 e. The largest absolute Gasteiger partial charge is 0.447 e. The van der Waals surface area contributed by atoms with E-state index in [0.29, 0.717) is 38.4 Å². The Bertz CT molecular complexity index is 1640. The minimum absolute atomic E-state index is 0.0223. The second-order valence-electron chi connectivity index (χ2n) is 11.5. The Labute approximate surface area is 249 Å². The third-order valence-corrected chi connectivity index (χ3v) is 8.80. The molecule has 4 heterocycles. The molecule has 2 saturated heterocycles. The summed E-state index contributed by atoms with van der Waals surface area (Å²) in [5.41, 5.74) is 3.71. The number of rotatable bonds is 8. The van der Waals surface area contributed by atoms with Crippen LogP contribution in [0.1, 0.15) is 48.3 Å². The predicted molar refractivity (Wildman–Crippen MR) is 158 cm³/mol. The van der Waals surface area contributed by atoms with Crippen LogP contribution in [0.3, 0.4) is 0 Å². The Morgan fingerprint density at radius 2 is 1.79 bits per heavy atom. The van der Waals surface area contributed by atoms with Gasteiger partial charge in [0.1, 0.15) is 18.4 Å². The third kappa shape index (κ3) is 4.76. The molecule has 4 atom stereocenters. The normalized spacial score (nSPS) is 23.7. The molecule has 2 fully saturated rings. The summed E-state index contributed by atoms with van der Waals surface area (Å²) in [7, 11) is 0. The lowest BCUT2D eigenvalue weighted by Crippen LogP contribution is -2.43. The average molecular weight is 580 g/mol. The summed E-state index contributed by atoms with van der Waals surface area (Å²) in [6.07, 6.45) is 1.84. The molecule has 1 N–H and O–H groups in total. The third-order valence-electron chi connectivity index (χ3n) is 8.80. The van der Waals surface area contributed by atoms with E-state index < -0.39 is 11.7 Å². The number of amides is 2. The van der Waals surface area contributed by atoms with Crippen LogP contribution in [-0.2, 0) is 33.0 Å². The number of cyclic esters (lactones) is 1. The summed E-state index contributed by atoms with van der Waals surface area (Å²) >= 11 is 0. The van der Waals surface area contributed by atoms with Crippen molar-refractivity contribution in [2.24, 2.45) is 5.92 Å². The summed E-state index contributed by atoms with van der Waals surface area (Å²) in [6.45, 7) is 3.96. The van der Waals surface area contributed by atoms with Crippen molar-refractivity contribution in [1.82, 2.24) is 15.0 Å². The molecule has 3 aromatic carbocycles. The molecule has 10 nitrogen and oxygen atoms in total. The van der Waals surface area contributed by atoms with Crippen molar-refractivity contribution in [3.8, 4) is 0 Å². The number of hydrogen-bond acceptors (Lipinski definition) is 7. The first-order valence-electron chi connectivity index (χ1n) is 14.7. The van der Waals surface area contributed by atoms with Gasteiger partial charge in [0.25, 0.3) is 5.91 Å². The Kier molecular flexibility index (Phi) is 6.95. The molecule has 1 aromatic heterocycles. The van der Waals surface area contributed by atoms with Gasteiger partial charge in [-0.2, -0.15) is 0 Å². The first-order valence-corrected chi connectivity index (χ1v) is 14.7. The van der Waals surface area contributed by atoms with Crippen LogP contribution < -0.4 is 9.80 Å². The van der Waals surface area contributed by atoms with Gasteiger partial charge in [0.2, 0.25) is 0 Å². The number of carbonyl (C=O) groups is 2. The summed E-state index contributed by atoms with van der Waals surface area (Å²) in [4.78, 5) is 29.6.